The summed E-state index contributed by atoms with van der Waals surface area (Å²) in [6.45, 7) is 9.50. The summed E-state index contributed by atoms with van der Waals surface area (Å²) in [4.78, 5) is 14.7. The summed E-state index contributed by atoms with van der Waals surface area (Å²) in [6.07, 6.45) is 0. The molecule has 0 fully saturated rings. The number of aromatic nitrogens is 2. The zero-order valence-corrected chi connectivity index (χ0v) is 15.6. The van der Waals surface area contributed by atoms with Crippen molar-refractivity contribution in [3.05, 3.63) is 52.3 Å². The number of hydrogen-bond donors (Lipinski definition) is 1. The molecule has 0 aliphatic rings. The maximum atomic E-state index is 12.8. The Bertz CT molecular complexity index is 701. The van der Waals surface area contributed by atoms with Crippen LogP contribution in [0.4, 0.5) is 0 Å². The number of carbonyl (C=O) groups is 1. The van der Waals surface area contributed by atoms with Crippen molar-refractivity contribution in [2.75, 3.05) is 14.1 Å². The van der Waals surface area contributed by atoms with Gasteiger partial charge < -0.3 is 5.32 Å². The molecule has 0 unspecified atom stereocenters. The average molecular weight is 328 g/mol. The van der Waals surface area contributed by atoms with Crippen LogP contribution in [0.2, 0.25) is 0 Å². The first-order chi connectivity index (χ1) is 11.3. The Labute approximate surface area is 144 Å². The molecule has 1 amide bonds. The average Bonchev–Trinajstić information content (AvgIpc) is 2.81. The first kappa shape index (κ1) is 18.2. The van der Waals surface area contributed by atoms with Gasteiger partial charge in [0.05, 0.1) is 5.69 Å². The molecule has 0 bridgehead atoms. The second-order valence-corrected chi connectivity index (χ2v) is 6.46. The topological polar surface area (TPSA) is 50.2 Å². The highest BCUT2D eigenvalue weighted by atomic mass is 16.2. The summed E-state index contributed by atoms with van der Waals surface area (Å²) in [5.74, 6) is 0.00639. The monoisotopic (exact) mass is 328 g/mol. The lowest BCUT2D eigenvalue weighted by Gasteiger charge is -2.24. The third-order valence-electron chi connectivity index (χ3n) is 4.43. The van der Waals surface area contributed by atoms with Gasteiger partial charge in [-0.15, -0.1) is 0 Å². The predicted molar refractivity (Wildman–Crippen MR) is 96.8 cm³/mol. The summed E-state index contributed by atoms with van der Waals surface area (Å²) >= 11 is 0. The van der Waals surface area contributed by atoms with Crippen LogP contribution in [0.5, 0.6) is 0 Å². The van der Waals surface area contributed by atoms with Crippen LogP contribution in [-0.2, 0) is 17.9 Å². The number of likely N-dealkylation sites (N-methyl/N-ethyl adjacent to an activating group) is 1. The minimum atomic E-state index is -0.299. The van der Waals surface area contributed by atoms with Crippen molar-refractivity contribution in [1.29, 1.82) is 0 Å². The van der Waals surface area contributed by atoms with Crippen LogP contribution in [0.1, 0.15) is 41.0 Å². The molecule has 1 heterocycles. The Kier molecular flexibility index (Phi) is 5.78. The fraction of sp³-hybridized carbons (Fsp3) is 0.474. The molecule has 0 saturated carbocycles. The Balaban J connectivity index is 2.14. The zero-order chi connectivity index (χ0) is 17.9. The Morgan fingerprint density at radius 1 is 1.21 bits per heavy atom. The van der Waals surface area contributed by atoms with E-state index in [0.717, 1.165) is 29.1 Å². The summed E-state index contributed by atoms with van der Waals surface area (Å²) in [5.41, 5.74) is 5.39. The maximum absolute atomic E-state index is 12.8. The van der Waals surface area contributed by atoms with E-state index < -0.39 is 0 Å². The molecule has 5 heteroatoms. The molecule has 1 N–H and O–H groups in total. The van der Waals surface area contributed by atoms with Crippen LogP contribution in [0, 0.1) is 20.8 Å². The third-order valence-corrected chi connectivity index (χ3v) is 4.43. The smallest absolute Gasteiger partial charge is 0.242 e. The van der Waals surface area contributed by atoms with Gasteiger partial charge in [-0.2, -0.15) is 5.10 Å². The van der Waals surface area contributed by atoms with Crippen LogP contribution in [-0.4, -0.2) is 34.7 Å². The summed E-state index contributed by atoms with van der Waals surface area (Å²) < 4.78 is 1.97. The second kappa shape index (κ2) is 7.62. The lowest BCUT2D eigenvalue weighted by molar-refractivity contribution is -0.125. The number of nitrogens with one attached hydrogen (secondary N) is 1. The van der Waals surface area contributed by atoms with Gasteiger partial charge in [0.15, 0.2) is 0 Å². The van der Waals surface area contributed by atoms with Gasteiger partial charge in [-0.3, -0.25) is 14.4 Å². The summed E-state index contributed by atoms with van der Waals surface area (Å²) in [6, 6.07) is 7.82. The van der Waals surface area contributed by atoms with E-state index in [2.05, 4.69) is 17.3 Å². The SMILES string of the molecule is CCn1nc(C)c(CNC(=O)[C@H](c2ccc(C)cc2)N(C)C)c1C. The molecule has 1 aromatic carbocycles. The fourth-order valence-electron chi connectivity index (χ4n) is 3.00. The van der Waals surface area contributed by atoms with Gasteiger partial charge in [0.2, 0.25) is 5.91 Å². The van der Waals surface area contributed by atoms with Gasteiger partial charge in [-0.25, -0.2) is 0 Å². The van der Waals surface area contributed by atoms with Crippen molar-refractivity contribution in [3.8, 4) is 0 Å². The Morgan fingerprint density at radius 2 is 1.83 bits per heavy atom. The molecule has 1 atom stereocenters. The van der Waals surface area contributed by atoms with Crippen LogP contribution < -0.4 is 5.32 Å². The molecule has 130 valence electrons. The first-order valence-corrected chi connectivity index (χ1v) is 8.38. The molecule has 0 aliphatic carbocycles. The van der Waals surface area contributed by atoms with Crippen molar-refractivity contribution in [2.45, 2.75) is 46.8 Å². The van der Waals surface area contributed by atoms with Crippen molar-refractivity contribution < 1.29 is 4.79 Å². The number of amides is 1. The van der Waals surface area contributed by atoms with E-state index in [4.69, 9.17) is 0 Å². The van der Waals surface area contributed by atoms with Gasteiger partial charge in [0, 0.05) is 24.3 Å². The molecular formula is C19H28N4O. The Morgan fingerprint density at radius 3 is 2.33 bits per heavy atom. The quantitative estimate of drug-likeness (QED) is 0.887. The van der Waals surface area contributed by atoms with Gasteiger partial charge in [0.25, 0.3) is 0 Å². The first-order valence-electron chi connectivity index (χ1n) is 8.38. The van der Waals surface area contributed by atoms with Crippen LogP contribution in [0.25, 0.3) is 0 Å². The number of nitrogens with zero attached hydrogens (tertiary/aromatic N) is 3. The molecule has 0 aliphatic heterocycles. The number of aryl methyl sites for hydroxylation is 3. The molecule has 0 spiro atoms. The van der Waals surface area contributed by atoms with Crippen molar-refractivity contribution in [3.63, 3.8) is 0 Å². The van der Waals surface area contributed by atoms with Crippen LogP contribution in [0.3, 0.4) is 0 Å². The van der Waals surface area contributed by atoms with Crippen molar-refractivity contribution >= 4 is 5.91 Å². The van der Waals surface area contributed by atoms with Gasteiger partial charge in [0.1, 0.15) is 6.04 Å². The molecular weight excluding hydrogens is 300 g/mol. The normalized spacial score (nSPS) is 12.5. The lowest BCUT2D eigenvalue weighted by atomic mass is 10.0. The van der Waals surface area contributed by atoms with Gasteiger partial charge in [-0.1, -0.05) is 29.8 Å². The molecule has 0 saturated heterocycles. The number of hydrogen-bond acceptors (Lipinski definition) is 3. The highest BCUT2D eigenvalue weighted by Gasteiger charge is 2.23. The largest absolute Gasteiger partial charge is 0.350 e. The van der Waals surface area contributed by atoms with E-state index in [-0.39, 0.29) is 11.9 Å². The molecule has 2 rings (SSSR count). The fourth-order valence-corrected chi connectivity index (χ4v) is 3.00. The maximum Gasteiger partial charge on any atom is 0.242 e. The van der Waals surface area contributed by atoms with Crippen LogP contribution in [0.15, 0.2) is 24.3 Å². The van der Waals surface area contributed by atoms with Crippen molar-refractivity contribution in [1.82, 2.24) is 20.0 Å². The van der Waals surface area contributed by atoms with E-state index in [0.29, 0.717) is 6.54 Å². The molecule has 24 heavy (non-hydrogen) atoms. The van der Waals surface area contributed by atoms with Gasteiger partial charge >= 0.3 is 0 Å². The number of carbonyl (C=O) groups excluding carboxylic acids is 1. The second-order valence-electron chi connectivity index (χ2n) is 6.46. The third kappa shape index (κ3) is 3.85. The van der Waals surface area contributed by atoms with Crippen LogP contribution >= 0.6 is 0 Å². The van der Waals surface area contributed by atoms with Gasteiger partial charge in [-0.05, 0) is 47.4 Å². The summed E-state index contributed by atoms with van der Waals surface area (Å²) in [5, 5.41) is 7.59. The molecule has 2 aromatic rings. The summed E-state index contributed by atoms with van der Waals surface area (Å²) in [7, 11) is 3.85. The standard InChI is InChI=1S/C19H28N4O/c1-7-23-15(4)17(14(3)21-23)12-20-19(24)18(22(5)6)16-10-8-13(2)9-11-16/h8-11,18H,7,12H2,1-6H3,(H,20,24)/t18-/m0/s1. The van der Waals surface area contributed by atoms with E-state index in [1.165, 1.54) is 5.56 Å². The predicted octanol–water partition coefficient (Wildman–Crippen LogP) is 2.75. The highest BCUT2D eigenvalue weighted by Crippen LogP contribution is 2.20. The zero-order valence-electron chi connectivity index (χ0n) is 15.6. The molecule has 1 aromatic heterocycles. The number of benzene rings is 1. The lowest BCUT2D eigenvalue weighted by Crippen LogP contribution is -2.36. The molecule has 5 nitrogen and oxygen atoms in total. The van der Waals surface area contributed by atoms with Crippen molar-refractivity contribution in [2.24, 2.45) is 0 Å². The highest BCUT2D eigenvalue weighted by molar-refractivity contribution is 5.83. The van der Waals surface area contributed by atoms with E-state index >= 15 is 0 Å². The molecule has 0 radical (unpaired) electrons. The van der Waals surface area contributed by atoms with E-state index in [9.17, 15) is 4.79 Å². The van der Waals surface area contributed by atoms with E-state index in [1.54, 1.807) is 0 Å². The number of rotatable bonds is 6. The van der Waals surface area contributed by atoms with E-state index in [1.807, 2.05) is 68.7 Å². The Hall–Kier alpha value is -2.14. The minimum absolute atomic E-state index is 0.00639. The minimum Gasteiger partial charge on any atom is -0.350 e.